The highest BCUT2D eigenvalue weighted by molar-refractivity contribution is 5.68. The SMILES string of the molecule is CCCC(CC(=O)O)c1cccc([N+](=O)[O-])c1. The quantitative estimate of drug-likeness (QED) is 0.609. The van der Waals surface area contributed by atoms with E-state index in [-0.39, 0.29) is 18.0 Å². The molecule has 5 nitrogen and oxygen atoms in total. The van der Waals surface area contributed by atoms with Crippen molar-refractivity contribution >= 4 is 11.7 Å². The Morgan fingerprint density at radius 1 is 1.53 bits per heavy atom. The van der Waals surface area contributed by atoms with Gasteiger partial charge in [0, 0.05) is 12.1 Å². The molecule has 92 valence electrons. The summed E-state index contributed by atoms with van der Waals surface area (Å²) in [5.41, 5.74) is 0.734. The molecule has 5 heteroatoms. The molecular formula is C12H15NO4. The number of hydrogen-bond donors (Lipinski definition) is 1. The molecule has 0 aliphatic carbocycles. The van der Waals surface area contributed by atoms with E-state index in [0.29, 0.717) is 6.42 Å². The van der Waals surface area contributed by atoms with Gasteiger partial charge in [0.2, 0.25) is 0 Å². The Morgan fingerprint density at radius 2 is 2.24 bits per heavy atom. The first kappa shape index (κ1) is 13.2. The molecule has 0 heterocycles. The third-order valence-electron chi connectivity index (χ3n) is 2.61. The van der Waals surface area contributed by atoms with Crippen molar-refractivity contribution in [2.75, 3.05) is 0 Å². The van der Waals surface area contributed by atoms with Crippen LogP contribution in [0.4, 0.5) is 5.69 Å². The molecule has 0 aliphatic heterocycles. The smallest absolute Gasteiger partial charge is 0.303 e. The lowest BCUT2D eigenvalue weighted by molar-refractivity contribution is -0.384. The van der Waals surface area contributed by atoms with E-state index in [2.05, 4.69) is 0 Å². The number of non-ortho nitro benzene ring substituents is 1. The number of nitro groups is 1. The van der Waals surface area contributed by atoms with Crippen LogP contribution < -0.4 is 0 Å². The second-order valence-electron chi connectivity index (χ2n) is 3.94. The van der Waals surface area contributed by atoms with Crippen molar-refractivity contribution in [3.05, 3.63) is 39.9 Å². The van der Waals surface area contributed by atoms with Crippen LogP contribution >= 0.6 is 0 Å². The number of aliphatic carboxylic acids is 1. The summed E-state index contributed by atoms with van der Waals surface area (Å²) in [5, 5.41) is 19.5. The van der Waals surface area contributed by atoms with Gasteiger partial charge in [-0.25, -0.2) is 0 Å². The first-order valence-corrected chi connectivity index (χ1v) is 5.50. The maximum Gasteiger partial charge on any atom is 0.303 e. The summed E-state index contributed by atoms with van der Waals surface area (Å²) in [4.78, 5) is 20.9. The summed E-state index contributed by atoms with van der Waals surface area (Å²) >= 11 is 0. The summed E-state index contributed by atoms with van der Waals surface area (Å²) < 4.78 is 0. The van der Waals surface area contributed by atoms with Gasteiger partial charge in [0.1, 0.15) is 0 Å². The molecule has 0 aromatic heterocycles. The zero-order valence-corrected chi connectivity index (χ0v) is 9.63. The van der Waals surface area contributed by atoms with E-state index in [1.807, 2.05) is 6.92 Å². The standard InChI is InChI=1S/C12H15NO4/c1-2-4-9(8-12(14)15)10-5-3-6-11(7-10)13(16)17/h3,5-7,9H,2,4,8H2,1H3,(H,14,15). The molecule has 1 rings (SSSR count). The fraction of sp³-hybridized carbons (Fsp3) is 0.417. The van der Waals surface area contributed by atoms with Gasteiger partial charge in [0.05, 0.1) is 11.3 Å². The predicted octanol–water partition coefficient (Wildman–Crippen LogP) is 2.95. The van der Waals surface area contributed by atoms with Crippen molar-refractivity contribution in [2.24, 2.45) is 0 Å². The fourth-order valence-corrected chi connectivity index (χ4v) is 1.84. The number of nitrogens with zero attached hydrogens (tertiary/aromatic N) is 1. The van der Waals surface area contributed by atoms with E-state index in [4.69, 9.17) is 5.11 Å². The number of hydrogen-bond acceptors (Lipinski definition) is 3. The van der Waals surface area contributed by atoms with Crippen molar-refractivity contribution in [3.8, 4) is 0 Å². The molecule has 0 fully saturated rings. The minimum Gasteiger partial charge on any atom is -0.481 e. The van der Waals surface area contributed by atoms with Crippen LogP contribution in [0.3, 0.4) is 0 Å². The van der Waals surface area contributed by atoms with Crippen molar-refractivity contribution in [2.45, 2.75) is 32.1 Å². The molecule has 0 bridgehead atoms. The van der Waals surface area contributed by atoms with E-state index in [9.17, 15) is 14.9 Å². The van der Waals surface area contributed by atoms with Gasteiger partial charge in [0.25, 0.3) is 5.69 Å². The molecule has 1 aromatic rings. The third kappa shape index (κ3) is 3.86. The summed E-state index contributed by atoms with van der Waals surface area (Å²) in [6.45, 7) is 1.96. The van der Waals surface area contributed by atoms with Crippen LogP contribution in [0.2, 0.25) is 0 Å². The highest BCUT2D eigenvalue weighted by Crippen LogP contribution is 2.27. The third-order valence-corrected chi connectivity index (χ3v) is 2.61. The van der Waals surface area contributed by atoms with Gasteiger partial charge in [-0.2, -0.15) is 0 Å². The highest BCUT2D eigenvalue weighted by atomic mass is 16.6. The first-order chi connectivity index (χ1) is 8.04. The second-order valence-corrected chi connectivity index (χ2v) is 3.94. The van der Waals surface area contributed by atoms with E-state index in [0.717, 1.165) is 12.0 Å². The monoisotopic (exact) mass is 237 g/mol. The molecule has 1 atom stereocenters. The summed E-state index contributed by atoms with van der Waals surface area (Å²) in [5.74, 6) is -1.03. The number of benzene rings is 1. The van der Waals surface area contributed by atoms with E-state index < -0.39 is 10.9 Å². The summed E-state index contributed by atoms with van der Waals surface area (Å²) in [6, 6.07) is 6.21. The Morgan fingerprint density at radius 3 is 2.76 bits per heavy atom. The topological polar surface area (TPSA) is 80.4 Å². The van der Waals surface area contributed by atoms with Gasteiger partial charge in [-0.3, -0.25) is 14.9 Å². The predicted molar refractivity (Wildman–Crippen MR) is 63.0 cm³/mol. The molecule has 0 amide bonds. The maximum absolute atomic E-state index is 10.7. The zero-order chi connectivity index (χ0) is 12.8. The van der Waals surface area contributed by atoms with Crippen LogP contribution in [0.15, 0.2) is 24.3 Å². The second kappa shape index (κ2) is 5.98. The molecule has 1 unspecified atom stereocenters. The Kier molecular flexibility index (Phi) is 4.63. The average molecular weight is 237 g/mol. The Bertz CT molecular complexity index is 417. The largest absolute Gasteiger partial charge is 0.481 e. The van der Waals surface area contributed by atoms with E-state index >= 15 is 0 Å². The van der Waals surface area contributed by atoms with E-state index in [1.165, 1.54) is 12.1 Å². The molecule has 1 N–H and O–H groups in total. The molecule has 0 saturated carbocycles. The zero-order valence-electron chi connectivity index (χ0n) is 9.63. The van der Waals surface area contributed by atoms with Crippen molar-refractivity contribution < 1.29 is 14.8 Å². The number of nitro benzene ring substituents is 1. The molecular weight excluding hydrogens is 222 g/mol. The van der Waals surface area contributed by atoms with Gasteiger partial charge < -0.3 is 5.11 Å². The fourth-order valence-electron chi connectivity index (χ4n) is 1.84. The number of carbonyl (C=O) groups is 1. The summed E-state index contributed by atoms with van der Waals surface area (Å²) in [7, 11) is 0. The normalized spacial score (nSPS) is 12.1. The van der Waals surface area contributed by atoms with Crippen LogP contribution in [0, 0.1) is 10.1 Å². The molecule has 17 heavy (non-hydrogen) atoms. The molecule has 1 aromatic carbocycles. The Balaban J connectivity index is 2.96. The van der Waals surface area contributed by atoms with E-state index in [1.54, 1.807) is 12.1 Å². The van der Waals surface area contributed by atoms with Gasteiger partial charge in [-0.15, -0.1) is 0 Å². The summed E-state index contributed by atoms with van der Waals surface area (Å²) in [6.07, 6.45) is 1.57. The maximum atomic E-state index is 10.7. The van der Waals surface area contributed by atoms with Crippen molar-refractivity contribution in [3.63, 3.8) is 0 Å². The van der Waals surface area contributed by atoms with Gasteiger partial charge in [-0.05, 0) is 17.9 Å². The molecule has 0 aliphatic rings. The minimum atomic E-state index is -0.880. The van der Waals surface area contributed by atoms with Crippen LogP contribution in [0.25, 0.3) is 0 Å². The Hall–Kier alpha value is -1.91. The van der Waals surface area contributed by atoms with Crippen LogP contribution in [-0.4, -0.2) is 16.0 Å². The number of carboxylic acid groups (broad SMARTS) is 1. The minimum absolute atomic E-state index is 0.00833. The average Bonchev–Trinajstić information content (AvgIpc) is 2.28. The lowest BCUT2D eigenvalue weighted by atomic mass is 9.91. The Labute approximate surface area is 99.2 Å². The molecule has 0 radical (unpaired) electrons. The lowest BCUT2D eigenvalue weighted by Crippen LogP contribution is -2.06. The highest BCUT2D eigenvalue weighted by Gasteiger charge is 2.17. The van der Waals surface area contributed by atoms with Gasteiger partial charge in [-0.1, -0.05) is 25.5 Å². The first-order valence-electron chi connectivity index (χ1n) is 5.50. The number of carboxylic acids is 1. The molecule has 0 saturated heterocycles. The number of rotatable bonds is 6. The van der Waals surface area contributed by atoms with Crippen LogP contribution in [-0.2, 0) is 4.79 Å². The van der Waals surface area contributed by atoms with Crippen LogP contribution in [0.1, 0.15) is 37.7 Å². The van der Waals surface area contributed by atoms with Crippen molar-refractivity contribution in [1.82, 2.24) is 0 Å². The van der Waals surface area contributed by atoms with Gasteiger partial charge in [0.15, 0.2) is 0 Å². The lowest BCUT2D eigenvalue weighted by Gasteiger charge is -2.13. The van der Waals surface area contributed by atoms with Crippen LogP contribution in [0.5, 0.6) is 0 Å². The molecule has 0 spiro atoms. The van der Waals surface area contributed by atoms with Crippen molar-refractivity contribution in [1.29, 1.82) is 0 Å². The van der Waals surface area contributed by atoms with Gasteiger partial charge >= 0.3 is 5.97 Å².